The van der Waals surface area contributed by atoms with Crippen LogP contribution in [0.3, 0.4) is 0 Å². The molecular weight excluding hydrogens is 180 g/mol. The minimum absolute atomic E-state index is 0.0607. The number of likely N-dealkylation sites (tertiary alicyclic amines) is 1. The molecule has 0 saturated carbocycles. The molecule has 1 aliphatic rings. The highest BCUT2D eigenvalue weighted by Gasteiger charge is 2.22. The zero-order chi connectivity index (χ0) is 10.7. The number of rotatable bonds is 2. The molecule has 0 aromatic carbocycles. The number of nitrogens with one attached hydrogen (secondary N) is 1. The Morgan fingerprint density at radius 2 is 1.79 bits per heavy atom. The molecule has 0 aromatic heterocycles. The molecule has 78 valence electrons. The zero-order valence-electron chi connectivity index (χ0n) is 8.63. The van der Waals surface area contributed by atoms with Gasteiger partial charge in [0.1, 0.15) is 11.6 Å². The van der Waals surface area contributed by atoms with E-state index in [1.54, 1.807) is 0 Å². The lowest BCUT2D eigenvalue weighted by Crippen LogP contribution is -2.31. The van der Waals surface area contributed by atoms with Crippen LogP contribution in [0.2, 0.25) is 0 Å². The molecule has 0 radical (unpaired) electrons. The fourth-order valence-electron chi connectivity index (χ4n) is 1.69. The molecule has 1 saturated heterocycles. The maximum absolute atomic E-state index is 11.2. The van der Waals surface area contributed by atoms with Crippen molar-refractivity contribution in [2.75, 3.05) is 13.1 Å². The smallest absolute Gasteiger partial charge is 0.166 e. The first kappa shape index (κ1) is 10.8. The van der Waals surface area contributed by atoms with E-state index in [0.717, 1.165) is 25.9 Å². The Kier molecular flexibility index (Phi) is 3.28. The van der Waals surface area contributed by atoms with Crippen molar-refractivity contribution in [2.24, 2.45) is 0 Å². The monoisotopic (exact) mass is 196 g/mol. The van der Waals surface area contributed by atoms with Gasteiger partial charge in [0.05, 0.1) is 5.57 Å². The van der Waals surface area contributed by atoms with Crippen molar-refractivity contribution in [2.45, 2.75) is 26.7 Å². The van der Waals surface area contributed by atoms with Crippen LogP contribution in [0.15, 0.2) is 11.3 Å². The summed E-state index contributed by atoms with van der Waals surface area (Å²) in [6.45, 7) is 4.44. The van der Waals surface area contributed by atoms with Gasteiger partial charge >= 0.3 is 0 Å². The van der Waals surface area contributed by atoms with Crippen LogP contribution in [0.25, 0.3) is 0 Å². The number of allylic oxidation sites excluding steroid dienone is 1. The molecule has 1 heterocycles. The number of aliphatic hydroxyl groups is 1. The minimum Gasteiger partial charge on any atom is -0.512 e. The van der Waals surface area contributed by atoms with E-state index in [-0.39, 0.29) is 23.0 Å². The van der Waals surface area contributed by atoms with E-state index >= 15 is 0 Å². The Balaban J connectivity index is 2.85. The standard InChI is InChI=1S/C10H16N2O2/c1-7(13)9(8(2)14)10(11)12-5-3-4-6-12/h11,13H,3-6H2,1-2H3. The molecule has 0 atom stereocenters. The fourth-order valence-corrected chi connectivity index (χ4v) is 1.69. The quantitative estimate of drug-likeness (QED) is 0.304. The van der Waals surface area contributed by atoms with Crippen LogP contribution >= 0.6 is 0 Å². The van der Waals surface area contributed by atoms with Gasteiger partial charge in [0.25, 0.3) is 0 Å². The van der Waals surface area contributed by atoms with Gasteiger partial charge in [-0.2, -0.15) is 0 Å². The van der Waals surface area contributed by atoms with E-state index in [4.69, 9.17) is 5.41 Å². The number of hydrogen-bond donors (Lipinski definition) is 2. The van der Waals surface area contributed by atoms with E-state index in [9.17, 15) is 9.90 Å². The molecule has 0 bridgehead atoms. The molecule has 4 nitrogen and oxygen atoms in total. The first-order valence-corrected chi connectivity index (χ1v) is 4.78. The molecular formula is C10H16N2O2. The number of amidine groups is 1. The van der Waals surface area contributed by atoms with Gasteiger partial charge in [-0.15, -0.1) is 0 Å². The van der Waals surface area contributed by atoms with Crippen LogP contribution in [-0.4, -0.2) is 34.7 Å². The highest BCUT2D eigenvalue weighted by atomic mass is 16.3. The van der Waals surface area contributed by atoms with Crippen LogP contribution in [-0.2, 0) is 4.79 Å². The van der Waals surface area contributed by atoms with Gasteiger partial charge in [-0.25, -0.2) is 0 Å². The third-order valence-corrected chi connectivity index (χ3v) is 2.37. The van der Waals surface area contributed by atoms with Crippen molar-refractivity contribution in [1.29, 1.82) is 5.41 Å². The predicted molar refractivity (Wildman–Crippen MR) is 54.5 cm³/mol. The van der Waals surface area contributed by atoms with Gasteiger partial charge in [0, 0.05) is 13.1 Å². The zero-order valence-corrected chi connectivity index (χ0v) is 8.63. The average molecular weight is 196 g/mol. The Morgan fingerprint density at radius 1 is 1.29 bits per heavy atom. The summed E-state index contributed by atoms with van der Waals surface area (Å²) in [5, 5.41) is 17.1. The van der Waals surface area contributed by atoms with Gasteiger partial charge in [0.2, 0.25) is 0 Å². The van der Waals surface area contributed by atoms with Gasteiger partial charge in [-0.3, -0.25) is 10.2 Å². The lowest BCUT2D eigenvalue weighted by molar-refractivity contribution is -0.113. The average Bonchev–Trinajstić information content (AvgIpc) is 2.53. The molecule has 0 aliphatic carbocycles. The fraction of sp³-hybridized carbons (Fsp3) is 0.600. The molecule has 2 N–H and O–H groups in total. The molecule has 14 heavy (non-hydrogen) atoms. The summed E-state index contributed by atoms with van der Waals surface area (Å²) in [5.41, 5.74) is 0.145. The first-order chi connectivity index (χ1) is 6.54. The number of hydrogen-bond acceptors (Lipinski definition) is 3. The number of ketones is 1. The van der Waals surface area contributed by atoms with Crippen LogP contribution in [0.5, 0.6) is 0 Å². The first-order valence-electron chi connectivity index (χ1n) is 4.78. The van der Waals surface area contributed by atoms with Gasteiger partial charge in [0.15, 0.2) is 5.78 Å². The van der Waals surface area contributed by atoms with Crippen LogP contribution in [0.1, 0.15) is 26.7 Å². The summed E-state index contributed by atoms with van der Waals surface area (Å²) in [6, 6.07) is 0. The SMILES string of the molecule is CC(=O)C(C(=N)N1CCCC1)=C(C)O. The molecule has 4 heteroatoms. The summed E-state index contributed by atoms with van der Waals surface area (Å²) in [4.78, 5) is 13.0. The van der Waals surface area contributed by atoms with E-state index in [0.29, 0.717) is 0 Å². The van der Waals surface area contributed by atoms with Crippen LogP contribution < -0.4 is 0 Å². The van der Waals surface area contributed by atoms with Gasteiger partial charge < -0.3 is 10.0 Å². The van der Waals surface area contributed by atoms with E-state index in [1.807, 2.05) is 4.90 Å². The summed E-state index contributed by atoms with van der Waals surface area (Å²) < 4.78 is 0. The summed E-state index contributed by atoms with van der Waals surface area (Å²) >= 11 is 0. The molecule has 0 spiro atoms. The summed E-state index contributed by atoms with van der Waals surface area (Å²) in [6.07, 6.45) is 2.11. The molecule has 1 fully saturated rings. The van der Waals surface area contributed by atoms with Crippen LogP contribution in [0, 0.1) is 5.41 Å². The molecule has 0 amide bonds. The second-order valence-electron chi connectivity index (χ2n) is 3.56. The summed E-state index contributed by atoms with van der Waals surface area (Å²) in [5.74, 6) is -0.147. The Hall–Kier alpha value is -1.32. The van der Waals surface area contributed by atoms with Crippen molar-refractivity contribution < 1.29 is 9.90 Å². The van der Waals surface area contributed by atoms with Crippen molar-refractivity contribution in [3.8, 4) is 0 Å². The maximum atomic E-state index is 11.2. The molecule has 1 aliphatic heterocycles. The third-order valence-electron chi connectivity index (χ3n) is 2.37. The number of carbonyl (C=O) groups excluding carboxylic acids is 1. The van der Waals surface area contributed by atoms with Crippen molar-refractivity contribution >= 4 is 11.6 Å². The topological polar surface area (TPSA) is 64.4 Å². The molecule has 1 rings (SSSR count). The lowest BCUT2D eigenvalue weighted by Gasteiger charge is -2.19. The second kappa shape index (κ2) is 4.26. The second-order valence-corrected chi connectivity index (χ2v) is 3.56. The highest BCUT2D eigenvalue weighted by Crippen LogP contribution is 2.14. The van der Waals surface area contributed by atoms with E-state index < -0.39 is 0 Å². The van der Waals surface area contributed by atoms with Gasteiger partial charge in [-0.05, 0) is 26.7 Å². The molecule has 0 aromatic rings. The van der Waals surface area contributed by atoms with E-state index in [1.165, 1.54) is 13.8 Å². The maximum Gasteiger partial charge on any atom is 0.166 e. The van der Waals surface area contributed by atoms with Crippen molar-refractivity contribution in [1.82, 2.24) is 4.90 Å². The number of Topliss-reactive ketones (excluding diaryl/α,β-unsaturated/α-hetero) is 1. The third kappa shape index (κ3) is 2.13. The summed E-state index contributed by atoms with van der Waals surface area (Å²) in [7, 11) is 0. The minimum atomic E-state index is -0.248. The van der Waals surface area contributed by atoms with Crippen LogP contribution in [0.4, 0.5) is 0 Å². The van der Waals surface area contributed by atoms with Gasteiger partial charge in [-0.1, -0.05) is 0 Å². The Bertz CT molecular complexity index is 284. The predicted octanol–water partition coefficient (Wildman–Crippen LogP) is 1.48. The number of nitrogens with zero attached hydrogens (tertiary/aromatic N) is 1. The van der Waals surface area contributed by atoms with E-state index in [2.05, 4.69) is 0 Å². The highest BCUT2D eigenvalue weighted by molar-refractivity contribution is 6.19. The number of carbonyl (C=O) groups is 1. The number of aliphatic hydroxyl groups excluding tert-OH is 1. The Morgan fingerprint density at radius 3 is 2.14 bits per heavy atom. The van der Waals surface area contributed by atoms with Crippen molar-refractivity contribution in [3.05, 3.63) is 11.3 Å². The van der Waals surface area contributed by atoms with Crippen molar-refractivity contribution in [3.63, 3.8) is 0 Å². The normalized spacial score (nSPS) is 18.0. The largest absolute Gasteiger partial charge is 0.512 e. The molecule has 0 unspecified atom stereocenters. The lowest BCUT2D eigenvalue weighted by atomic mass is 10.1. The Labute approximate surface area is 83.7 Å².